The van der Waals surface area contributed by atoms with E-state index in [1.54, 1.807) is 0 Å². The number of hydrazine groups is 2. The molecule has 180 valence electrons. The first-order valence-electron chi connectivity index (χ1n) is 12.7. The highest BCUT2D eigenvalue weighted by atomic mass is 15.8. The highest BCUT2D eigenvalue weighted by Gasteiger charge is 2.43. The average Bonchev–Trinajstić information content (AvgIpc) is 3.17. The number of benzene rings is 2. The van der Waals surface area contributed by atoms with Gasteiger partial charge in [0.05, 0.1) is 17.4 Å². The molecule has 0 bridgehead atoms. The lowest BCUT2D eigenvalue weighted by Crippen LogP contribution is -2.47. The fourth-order valence-electron chi connectivity index (χ4n) is 4.81. The van der Waals surface area contributed by atoms with Gasteiger partial charge >= 0.3 is 0 Å². The van der Waals surface area contributed by atoms with Gasteiger partial charge in [-0.1, -0.05) is 113 Å². The number of nitrogens with one attached hydrogen (secondary N) is 1. The van der Waals surface area contributed by atoms with E-state index in [4.69, 9.17) is 0 Å². The molecule has 1 aliphatic rings. The molecule has 0 aliphatic carbocycles. The maximum Gasteiger partial charge on any atom is 0.139 e. The molecule has 0 amide bonds. The molecule has 2 aromatic carbocycles. The Bertz CT molecular complexity index is 897. The predicted octanol–water partition coefficient (Wildman–Crippen LogP) is 8.38. The van der Waals surface area contributed by atoms with Crippen molar-refractivity contribution in [2.75, 3.05) is 10.0 Å². The smallest absolute Gasteiger partial charge is 0.139 e. The van der Waals surface area contributed by atoms with Gasteiger partial charge in [0.15, 0.2) is 0 Å². The number of anilines is 2. The Morgan fingerprint density at radius 1 is 0.667 bits per heavy atom. The third-order valence-electron chi connectivity index (χ3n) is 6.69. The van der Waals surface area contributed by atoms with E-state index in [1.807, 2.05) is 0 Å². The number of rotatable bonds is 6. The Balaban J connectivity index is 2.21. The number of hydrogen-bond acceptors (Lipinski definition) is 3. The fourth-order valence-corrected chi connectivity index (χ4v) is 4.81. The van der Waals surface area contributed by atoms with Gasteiger partial charge in [0.1, 0.15) is 6.54 Å². The van der Waals surface area contributed by atoms with Crippen molar-refractivity contribution in [2.24, 2.45) is 5.41 Å². The standard InChI is InChI=1S/C30H45N3/c1-19(2)23-14-12-15-24(20(3)4)28(23)32-18-27(30(9,10)11)33(31-32)29-25(21(5)6)16-13-17-26(29)22(7)8/h12-17,19-22,27,31H,1-11H3. The summed E-state index contributed by atoms with van der Waals surface area (Å²) in [4.78, 5) is 0. The zero-order valence-electron chi connectivity index (χ0n) is 22.7. The van der Waals surface area contributed by atoms with Crippen LogP contribution < -0.4 is 15.6 Å². The van der Waals surface area contributed by atoms with Gasteiger partial charge in [-0.2, -0.15) is 0 Å². The van der Waals surface area contributed by atoms with Gasteiger partial charge in [-0.05, 0) is 51.3 Å². The minimum atomic E-state index is 0.00482. The summed E-state index contributed by atoms with van der Waals surface area (Å²) in [6.45, 7) is 29.1. The number of hydrogen-bond donors (Lipinski definition) is 1. The van der Waals surface area contributed by atoms with Gasteiger partial charge in [0.25, 0.3) is 0 Å². The first kappa shape index (κ1) is 25.6. The van der Waals surface area contributed by atoms with Crippen molar-refractivity contribution in [1.82, 2.24) is 5.53 Å². The molecule has 1 saturated heterocycles. The Kier molecular flexibility index (Phi) is 7.53. The lowest BCUT2D eigenvalue weighted by atomic mass is 9.84. The zero-order valence-corrected chi connectivity index (χ0v) is 22.7. The van der Waals surface area contributed by atoms with Crippen molar-refractivity contribution in [2.45, 2.75) is 106 Å². The lowest BCUT2D eigenvalue weighted by molar-refractivity contribution is 0.343. The highest BCUT2D eigenvalue weighted by Crippen LogP contribution is 2.44. The van der Waals surface area contributed by atoms with Crippen molar-refractivity contribution in [3.63, 3.8) is 0 Å². The van der Waals surface area contributed by atoms with Crippen LogP contribution in [0.1, 0.15) is 122 Å². The van der Waals surface area contributed by atoms with Gasteiger partial charge < -0.3 is 0 Å². The third-order valence-corrected chi connectivity index (χ3v) is 6.69. The second-order valence-corrected chi connectivity index (χ2v) is 11.9. The maximum absolute atomic E-state index is 3.87. The van der Waals surface area contributed by atoms with Crippen LogP contribution in [0, 0.1) is 12.0 Å². The quantitative estimate of drug-likeness (QED) is 0.480. The highest BCUT2D eigenvalue weighted by molar-refractivity contribution is 5.68. The largest absolute Gasteiger partial charge is 0.284 e. The Labute approximate surface area is 203 Å². The van der Waals surface area contributed by atoms with E-state index in [1.165, 1.54) is 33.6 Å². The van der Waals surface area contributed by atoms with Crippen LogP contribution in [0.3, 0.4) is 0 Å². The monoisotopic (exact) mass is 447 g/mol. The molecular formula is C30H45N3. The van der Waals surface area contributed by atoms with Gasteiger partial charge in [-0.3, -0.25) is 10.0 Å². The summed E-state index contributed by atoms with van der Waals surface area (Å²) in [5, 5.41) is 4.59. The van der Waals surface area contributed by atoms with E-state index in [0.717, 1.165) is 0 Å². The molecule has 1 unspecified atom stereocenters. The molecule has 1 atom stereocenters. The van der Waals surface area contributed by atoms with Crippen LogP contribution >= 0.6 is 0 Å². The van der Waals surface area contributed by atoms with Crippen molar-refractivity contribution in [1.29, 1.82) is 0 Å². The molecule has 3 nitrogen and oxygen atoms in total. The second-order valence-electron chi connectivity index (χ2n) is 11.9. The Hall–Kier alpha value is -2.00. The molecule has 2 aromatic rings. The minimum Gasteiger partial charge on any atom is -0.284 e. The molecule has 1 N–H and O–H groups in total. The second kappa shape index (κ2) is 9.70. The van der Waals surface area contributed by atoms with Crippen molar-refractivity contribution in [3.8, 4) is 0 Å². The van der Waals surface area contributed by atoms with Gasteiger partial charge in [-0.25, -0.2) is 0 Å². The summed E-state index contributed by atoms with van der Waals surface area (Å²) in [5.74, 6) is 1.73. The molecule has 3 rings (SSSR count). The molecule has 0 spiro atoms. The molecule has 1 heterocycles. The molecule has 1 aliphatic heterocycles. The summed E-state index contributed by atoms with van der Waals surface area (Å²) < 4.78 is 0. The Morgan fingerprint density at radius 2 is 1.03 bits per heavy atom. The lowest BCUT2D eigenvalue weighted by Gasteiger charge is -2.37. The molecule has 0 saturated carbocycles. The van der Waals surface area contributed by atoms with Crippen LogP contribution in [-0.2, 0) is 0 Å². The van der Waals surface area contributed by atoms with E-state index in [9.17, 15) is 0 Å². The zero-order chi connectivity index (χ0) is 24.7. The molecule has 2 radical (unpaired) electrons. The molecule has 1 fully saturated rings. The van der Waals surface area contributed by atoms with E-state index in [-0.39, 0.29) is 11.5 Å². The summed E-state index contributed by atoms with van der Waals surface area (Å²) in [6, 6.07) is 13.6. The first-order chi connectivity index (χ1) is 15.3. The van der Waals surface area contributed by atoms with E-state index < -0.39 is 0 Å². The summed E-state index contributed by atoms with van der Waals surface area (Å²) in [7, 11) is 0. The number of para-hydroxylation sites is 2. The van der Waals surface area contributed by atoms with Crippen LogP contribution in [-0.4, -0.2) is 6.04 Å². The molecule has 33 heavy (non-hydrogen) atoms. The van der Waals surface area contributed by atoms with Crippen molar-refractivity contribution >= 4 is 11.4 Å². The topological polar surface area (TPSA) is 18.5 Å². The normalized spacial score (nSPS) is 17.4. The van der Waals surface area contributed by atoms with Gasteiger partial charge in [0.2, 0.25) is 0 Å². The number of nitrogens with zero attached hydrogens (tertiary/aromatic N) is 2. The fraction of sp³-hybridized carbons (Fsp3) is 0.567. The van der Waals surface area contributed by atoms with Crippen LogP contribution in [0.15, 0.2) is 36.4 Å². The average molecular weight is 448 g/mol. The summed E-state index contributed by atoms with van der Waals surface area (Å²) in [5.41, 5.74) is 11.9. The molecule has 3 heteroatoms. The van der Waals surface area contributed by atoms with Crippen molar-refractivity contribution in [3.05, 3.63) is 65.2 Å². The van der Waals surface area contributed by atoms with Gasteiger partial charge in [0, 0.05) is 0 Å². The summed E-state index contributed by atoms with van der Waals surface area (Å²) >= 11 is 0. The van der Waals surface area contributed by atoms with E-state index >= 15 is 0 Å². The van der Waals surface area contributed by atoms with Crippen LogP contribution in [0.5, 0.6) is 0 Å². The predicted molar refractivity (Wildman–Crippen MR) is 144 cm³/mol. The molecular weight excluding hydrogens is 402 g/mol. The van der Waals surface area contributed by atoms with Crippen LogP contribution in [0.4, 0.5) is 11.4 Å². The van der Waals surface area contributed by atoms with E-state index in [2.05, 4.69) is 135 Å². The van der Waals surface area contributed by atoms with Crippen molar-refractivity contribution < 1.29 is 0 Å². The Morgan fingerprint density at radius 3 is 1.36 bits per heavy atom. The van der Waals surface area contributed by atoms with Gasteiger partial charge in [-0.15, -0.1) is 5.53 Å². The maximum atomic E-state index is 3.87. The van der Waals surface area contributed by atoms with Crippen LogP contribution in [0.2, 0.25) is 0 Å². The third kappa shape index (κ3) is 5.09. The van der Waals surface area contributed by atoms with Crippen LogP contribution in [0.25, 0.3) is 0 Å². The van der Waals surface area contributed by atoms with E-state index in [0.29, 0.717) is 23.7 Å². The molecule has 0 aromatic heterocycles. The minimum absolute atomic E-state index is 0.00482. The first-order valence-corrected chi connectivity index (χ1v) is 12.7. The summed E-state index contributed by atoms with van der Waals surface area (Å²) in [6.07, 6.45) is 0. The SMILES string of the molecule is CC(C)c1cccc(C(C)C)c1N1[C]C(C(C)(C)C)N(c2c(C(C)C)cccc2C(C)C)N1.